The normalized spacial score (nSPS) is 11.9. The Morgan fingerprint density at radius 2 is 1.36 bits per heavy atom. The van der Waals surface area contributed by atoms with Crippen LogP contribution in [0.15, 0.2) is 78.9 Å². The predicted molar refractivity (Wildman–Crippen MR) is 156 cm³/mol. The van der Waals surface area contributed by atoms with E-state index in [1.54, 1.807) is 48.5 Å². The standard InChI is InChI=1S/C33H32F2N2O5/c1-20(2)37-28(17-16-26(38)18-27(39)19-29(40)41)30(21-8-12-23(34)13-9-21)31(22-10-14-24(35)15-11-22)32(37)33(42)36-25-6-4-3-5-7-25/h3-15,20,27,39H,16-19H2,1-2H3,(H,36,42)(H,40,41)/t27-/m1/s1. The Labute approximate surface area is 242 Å². The summed E-state index contributed by atoms with van der Waals surface area (Å²) < 4.78 is 29.8. The number of aliphatic hydroxyl groups is 1. The highest BCUT2D eigenvalue weighted by atomic mass is 19.1. The van der Waals surface area contributed by atoms with E-state index in [0.29, 0.717) is 33.6 Å². The van der Waals surface area contributed by atoms with Crippen molar-refractivity contribution in [1.29, 1.82) is 0 Å². The fourth-order valence-electron chi connectivity index (χ4n) is 5.11. The van der Waals surface area contributed by atoms with Crippen molar-refractivity contribution in [3.8, 4) is 22.3 Å². The lowest BCUT2D eigenvalue weighted by Gasteiger charge is -2.18. The number of aliphatic carboxylic acids is 1. The first-order valence-corrected chi connectivity index (χ1v) is 13.6. The lowest BCUT2D eigenvalue weighted by molar-refractivity contribution is -0.139. The second-order valence-electron chi connectivity index (χ2n) is 10.3. The maximum Gasteiger partial charge on any atom is 0.305 e. The quantitative estimate of drug-likeness (QED) is 0.175. The molecule has 0 saturated heterocycles. The van der Waals surface area contributed by atoms with Gasteiger partial charge in [-0.3, -0.25) is 14.4 Å². The molecule has 0 aliphatic rings. The van der Waals surface area contributed by atoms with Crippen molar-refractivity contribution in [2.45, 2.75) is 51.7 Å². The number of nitrogens with zero attached hydrogens (tertiary/aromatic N) is 1. The smallest absolute Gasteiger partial charge is 0.305 e. The van der Waals surface area contributed by atoms with Crippen LogP contribution in [0.3, 0.4) is 0 Å². The minimum absolute atomic E-state index is 0.0375. The van der Waals surface area contributed by atoms with Crippen molar-refractivity contribution in [3.63, 3.8) is 0 Å². The van der Waals surface area contributed by atoms with E-state index in [1.165, 1.54) is 24.3 Å². The van der Waals surface area contributed by atoms with Gasteiger partial charge in [-0.25, -0.2) is 8.78 Å². The van der Waals surface area contributed by atoms with E-state index in [1.807, 2.05) is 24.5 Å². The van der Waals surface area contributed by atoms with E-state index in [-0.39, 0.29) is 36.8 Å². The maximum atomic E-state index is 14.0. The highest BCUT2D eigenvalue weighted by Gasteiger charge is 2.30. The summed E-state index contributed by atoms with van der Waals surface area (Å²) >= 11 is 0. The van der Waals surface area contributed by atoms with Crippen LogP contribution in [-0.4, -0.2) is 38.5 Å². The van der Waals surface area contributed by atoms with Crippen molar-refractivity contribution < 1.29 is 33.4 Å². The molecule has 9 heteroatoms. The summed E-state index contributed by atoms with van der Waals surface area (Å²) in [5.74, 6) is -2.88. The molecule has 0 aliphatic carbocycles. The molecule has 0 bridgehead atoms. The van der Waals surface area contributed by atoms with Crippen LogP contribution in [0, 0.1) is 11.6 Å². The van der Waals surface area contributed by atoms with Gasteiger partial charge in [-0.1, -0.05) is 42.5 Å². The summed E-state index contributed by atoms with van der Waals surface area (Å²) in [5.41, 5.74) is 3.71. The lowest BCUT2D eigenvalue weighted by atomic mass is 9.93. The average molecular weight is 575 g/mol. The van der Waals surface area contributed by atoms with Crippen LogP contribution >= 0.6 is 0 Å². The van der Waals surface area contributed by atoms with Crippen molar-refractivity contribution in [1.82, 2.24) is 4.57 Å². The Morgan fingerprint density at radius 3 is 1.88 bits per heavy atom. The third-order valence-corrected chi connectivity index (χ3v) is 6.85. The van der Waals surface area contributed by atoms with E-state index < -0.39 is 36.0 Å². The molecule has 218 valence electrons. The Balaban J connectivity index is 1.92. The number of halogens is 2. The molecule has 7 nitrogen and oxygen atoms in total. The minimum atomic E-state index is -1.31. The van der Waals surface area contributed by atoms with Gasteiger partial charge in [0.2, 0.25) is 0 Å². The molecule has 0 spiro atoms. The van der Waals surface area contributed by atoms with Crippen LogP contribution in [0.4, 0.5) is 14.5 Å². The number of aliphatic hydroxyl groups excluding tert-OH is 1. The van der Waals surface area contributed by atoms with Crippen molar-refractivity contribution in [2.24, 2.45) is 0 Å². The number of carboxylic acids is 1. The van der Waals surface area contributed by atoms with Crippen LogP contribution in [0.25, 0.3) is 22.3 Å². The molecular weight excluding hydrogens is 542 g/mol. The molecular formula is C33H32F2N2O5. The van der Waals surface area contributed by atoms with Gasteiger partial charge in [-0.15, -0.1) is 0 Å². The number of para-hydroxylation sites is 1. The maximum absolute atomic E-state index is 14.0. The van der Waals surface area contributed by atoms with Gasteiger partial charge in [0.25, 0.3) is 5.91 Å². The molecule has 1 heterocycles. The van der Waals surface area contributed by atoms with Gasteiger partial charge in [0.15, 0.2) is 0 Å². The molecule has 0 radical (unpaired) electrons. The number of benzene rings is 3. The lowest BCUT2D eigenvalue weighted by Crippen LogP contribution is -2.21. The minimum Gasteiger partial charge on any atom is -0.481 e. The fourth-order valence-corrected chi connectivity index (χ4v) is 5.11. The van der Waals surface area contributed by atoms with Crippen molar-refractivity contribution in [3.05, 3.63) is 102 Å². The predicted octanol–water partition coefficient (Wildman–Crippen LogP) is 6.66. The molecule has 1 aromatic heterocycles. The summed E-state index contributed by atoms with van der Waals surface area (Å²) in [4.78, 5) is 37.8. The molecule has 0 unspecified atom stereocenters. The van der Waals surface area contributed by atoms with Gasteiger partial charge >= 0.3 is 5.97 Å². The first-order chi connectivity index (χ1) is 20.0. The van der Waals surface area contributed by atoms with Crippen LogP contribution in [-0.2, 0) is 16.0 Å². The van der Waals surface area contributed by atoms with Crippen LogP contribution in [0.1, 0.15) is 55.3 Å². The van der Waals surface area contributed by atoms with Crippen molar-refractivity contribution in [2.75, 3.05) is 5.32 Å². The largest absolute Gasteiger partial charge is 0.481 e. The number of anilines is 1. The molecule has 0 aliphatic heterocycles. The number of ketones is 1. The average Bonchev–Trinajstić information content (AvgIpc) is 3.28. The number of amides is 1. The van der Waals surface area contributed by atoms with Gasteiger partial charge in [0, 0.05) is 41.4 Å². The monoisotopic (exact) mass is 574 g/mol. The van der Waals surface area contributed by atoms with E-state index in [0.717, 1.165) is 0 Å². The number of nitrogens with one attached hydrogen (secondary N) is 1. The first-order valence-electron chi connectivity index (χ1n) is 13.6. The first kappa shape index (κ1) is 30.3. The molecule has 4 rings (SSSR count). The second kappa shape index (κ2) is 13.4. The van der Waals surface area contributed by atoms with Crippen molar-refractivity contribution >= 4 is 23.3 Å². The number of hydrogen-bond donors (Lipinski definition) is 3. The SMILES string of the molecule is CC(C)n1c(CCC(=O)C[C@@H](O)CC(=O)O)c(-c2ccc(F)cc2)c(-c2ccc(F)cc2)c1C(=O)Nc1ccccc1. The van der Waals surface area contributed by atoms with E-state index in [4.69, 9.17) is 5.11 Å². The number of rotatable bonds is 12. The van der Waals surface area contributed by atoms with Gasteiger partial charge in [0.1, 0.15) is 23.1 Å². The molecule has 0 fully saturated rings. The third-order valence-electron chi connectivity index (χ3n) is 6.85. The van der Waals surface area contributed by atoms with E-state index >= 15 is 0 Å². The van der Waals surface area contributed by atoms with Crippen LogP contribution < -0.4 is 5.32 Å². The topological polar surface area (TPSA) is 109 Å². The van der Waals surface area contributed by atoms with Gasteiger partial charge in [-0.05, 0) is 67.8 Å². The van der Waals surface area contributed by atoms with Gasteiger partial charge in [0.05, 0.1) is 12.5 Å². The Kier molecular flexibility index (Phi) is 9.64. The van der Waals surface area contributed by atoms with Gasteiger partial charge < -0.3 is 20.1 Å². The number of Topliss-reactive ketones (excluding diaryl/α,β-unsaturated/α-hetero) is 1. The number of carbonyl (C=O) groups is 3. The zero-order chi connectivity index (χ0) is 30.4. The highest BCUT2D eigenvalue weighted by molar-refractivity contribution is 6.11. The summed E-state index contributed by atoms with van der Waals surface area (Å²) in [5, 5.41) is 21.9. The molecule has 3 N–H and O–H groups in total. The fraction of sp³-hybridized carbons (Fsp3) is 0.242. The zero-order valence-corrected chi connectivity index (χ0v) is 23.3. The zero-order valence-electron chi connectivity index (χ0n) is 23.3. The Bertz CT molecular complexity index is 1560. The highest BCUT2D eigenvalue weighted by Crippen LogP contribution is 2.43. The summed E-state index contributed by atoms with van der Waals surface area (Å²) in [6.45, 7) is 3.79. The van der Waals surface area contributed by atoms with E-state index in [9.17, 15) is 28.3 Å². The molecule has 1 atom stereocenters. The number of hydrogen-bond acceptors (Lipinski definition) is 4. The molecule has 1 amide bonds. The Hall–Kier alpha value is -4.63. The van der Waals surface area contributed by atoms with Crippen LogP contribution in [0.5, 0.6) is 0 Å². The second-order valence-corrected chi connectivity index (χ2v) is 10.3. The molecule has 42 heavy (non-hydrogen) atoms. The number of aromatic nitrogens is 1. The van der Waals surface area contributed by atoms with Gasteiger partial charge in [-0.2, -0.15) is 0 Å². The third kappa shape index (κ3) is 7.16. The summed E-state index contributed by atoms with van der Waals surface area (Å²) in [7, 11) is 0. The van der Waals surface area contributed by atoms with Crippen LogP contribution in [0.2, 0.25) is 0 Å². The number of carbonyl (C=O) groups excluding carboxylic acids is 2. The van der Waals surface area contributed by atoms with E-state index in [2.05, 4.69) is 5.32 Å². The Morgan fingerprint density at radius 1 is 0.810 bits per heavy atom. The summed E-state index contributed by atoms with van der Waals surface area (Å²) in [6, 6.07) is 20.1. The summed E-state index contributed by atoms with van der Waals surface area (Å²) in [6.07, 6.45) is -2.08. The molecule has 4 aromatic rings. The number of carboxylic acid groups (broad SMARTS) is 1. The molecule has 0 saturated carbocycles. The molecule has 3 aromatic carbocycles.